The van der Waals surface area contributed by atoms with E-state index in [1.165, 1.54) is 39.5 Å². The van der Waals surface area contributed by atoms with E-state index < -0.39 is 0 Å². The molecule has 4 saturated carbocycles. The summed E-state index contributed by atoms with van der Waals surface area (Å²) in [4.78, 5) is 23.9. The lowest BCUT2D eigenvalue weighted by atomic mass is 9.44. The molecule has 6 rings (SSSR count). The van der Waals surface area contributed by atoms with Gasteiger partial charge in [0.15, 0.2) is 5.79 Å². The zero-order chi connectivity index (χ0) is 26.3. The smallest absolute Gasteiger partial charge is 0.303 e. The first-order valence-corrected chi connectivity index (χ1v) is 15.1. The van der Waals surface area contributed by atoms with Crippen LogP contribution >= 0.6 is 0 Å². The monoisotopic (exact) mass is 516 g/mol. The molecule has 1 spiro atoms. The van der Waals surface area contributed by atoms with Gasteiger partial charge in [-0.15, -0.1) is 0 Å². The first kappa shape index (κ1) is 26.1. The molecule has 0 bridgehead atoms. The van der Waals surface area contributed by atoms with Crippen LogP contribution in [0.25, 0.3) is 0 Å². The zero-order valence-electron chi connectivity index (χ0n) is 23.8. The van der Waals surface area contributed by atoms with Crippen LogP contribution in [0.15, 0.2) is 0 Å². The van der Waals surface area contributed by atoms with E-state index >= 15 is 0 Å². The lowest BCUT2D eigenvalue weighted by molar-refractivity contribution is -0.273. The summed E-state index contributed by atoms with van der Waals surface area (Å²) in [6.45, 7) is 13.5. The van der Waals surface area contributed by atoms with Crippen LogP contribution in [0.3, 0.4) is 0 Å². The molecule has 0 aromatic heterocycles. The van der Waals surface area contributed by atoms with Gasteiger partial charge in [-0.3, -0.25) is 9.59 Å². The van der Waals surface area contributed by atoms with Crippen molar-refractivity contribution in [2.24, 2.45) is 52.3 Å². The minimum absolute atomic E-state index is 0.106. The van der Waals surface area contributed by atoms with E-state index in [4.69, 9.17) is 18.9 Å². The predicted octanol–water partition coefficient (Wildman–Crippen LogP) is 5.91. The van der Waals surface area contributed by atoms with Crippen molar-refractivity contribution in [1.82, 2.24) is 0 Å². The predicted molar refractivity (Wildman–Crippen MR) is 138 cm³/mol. The molecule has 0 amide bonds. The molecule has 0 radical (unpaired) electrons. The Bertz CT molecular complexity index is 925. The molecule has 0 N–H and O–H groups in total. The molecule has 208 valence electrons. The molecule has 0 aromatic rings. The molecular formula is C31H48O6. The summed E-state index contributed by atoms with van der Waals surface area (Å²) in [6.07, 6.45) is 9.57. The van der Waals surface area contributed by atoms with E-state index in [0.29, 0.717) is 47.0 Å². The maximum Gasteiger partial charge on any atom is 0.303 e. The SMILES string of the molecule is CC(=O)O[C@H]1[C@H](OC(C)=O)CC[C@]2(C)[C@H]3CC[C@]4(C)[C@@H]5[C@H](C[C@H]4[C@@H]3CC[C@@H]12)O[C@]1(CC[C@@H](C)CO1)[C@H]5C. The van der Waals surface area contributed by atoms with Crippen molar-refractivity contribution < 1.29 is 28.5 Å². The summed E-state index contributed by atoms with van der Waals surface area (Å²) >= 11 is 0. The Morgan fingerprint density at radius 1 is 0.811 bits per heavy atom. The fourth-order valence-electron chi connectivity index (χ4n) is 11.0. The van der Waals surface area contributed by atoms with Gasteiger partial charge in [0.2, 0.25) is 0 Å². The number of ether oxygens (including phenoxy) is 4. The summed E-state index contributed by atoms with van der Waals surface area (Å²) < 4.78 is 25.0. The van der Waals surface area contributed by atoms with Crippen LogP contribution in [0.1, 0.15) is 99.3 Å². The topological polar surface area (TPSA) is 71.1 Å². The Morgan fingerprint density at radius 3 is 2.22 bits per heavy atom. The summed E-state index contributed by atoms with van der Waals surface area (Å²) in [7, 11) is 0. The second-order valence-corrected chi connectivity index (χ2v) is 14.3. The Hall–Kier alpha value is -1.14. The van der Waals surface area contributed by atoms with Crippen LogP contribution in [0.5, 0.6) is 0 Å². The average Bonchev–Trinajstić information content (AvgIpc) is 3.27. The van der Waals surface area contributed by atoms with Gasteiger partial charge in [-0.25, -0.2) is 0 Å². The van der Waals surface area contributed by atoms with Crippen molar-refractivity contribution in [3.05, 3.63) is 0 Å². The first-order chi connectivity index (χ1) is 17.5. The second kappa shape index (κ2) is 8.94. The van der Waals surface area contributed by atoms with Gasteiger partial charge in [0.25, 0.3) is 0 Å². The standard InChI is InChI=1S/C31H48O6/c1-17-9-14-31(34-16-17)18(2)27-26(37-31)15-24-21-7-8-23-28(36-20(4)33)25(35-19(3)32)11-13-29(23,5)22(21)10-12-30(24,27)6/h17-18,21-28H,7-16H2,1-6H3/t17-,18+,21-,22+,23+,24+,25-,26+,27+,28-,29-,30+,31-/m1/s1. The van der Waals surface area contributed by atoms with E-state index in [1.807, 2.05) is 0 Å². The number of rotatable bonds is 2. The highest BCUT2D eigenvalue weighted by Crippen LogP contribution is 2.71. The fourth-order valence-corrected chi connectivity index (χ4v) is 11.0. The van der Waals surface area contributed by atoms with Crippen molar-refractivity contribution in [3.8, 4) is 0 Å². The fraction of sp³-hybridized carbons (Fsp3) is 0.935. The summed E-state index contributed by atoms with van der Waals surface area (Å²) in [5.41, 5.74) is 0.406. The maximum absolute atomic E-state index is 12.1. The van der Waals surface area contributed by atoms with E-state index in [0.717, 1.165) is 38.7 Å². The van der Waals surface area contributed by atoms with Crippen molar-refractivity contribution >= 4 is 11.9 Å². The Kier molecular flexibility index (Phi) is 6.31. The number of esters is 2. The van der Waals surface area contributed by atoms with Crippen LogP contribution in [0, 0.1) is 52.3 Å². The number of carbonyl (C=O) groups is 2. The highest BCUT2D eigenvalue weighted by molar-refractivity contribution is 5.67. The van der Waals surface area contributed by atoms with Crippen LogP contribution < -0.4 is 0 Å². The molecule has 6 nitrogen and oxygen atoms in total. The number of hydrogen-bond acceptors (Lipinski definition) is 6. The van der Waals surface area contributed by atoms with Crippen LogP contribution in [-0.4, -0.2) is 42.6 Å². The molecule has 0 aromatic carbocycles. The van der Waals surface area contributed by atoms with Crippen LogP contribution in [0.2, 0.25) is 0 Å². The molecule has 37 heavy (non-hydrogen) atoms. The van der Waals surface area contributed by atoms with Crippen LogP contribution in [-0.2, 0) is 28.5 Å². The minimum atomic E-state index is -0.358. The van der Waals surface area contributed by atoms with Crippen molar-refractivity contribution in [3.63, 3.8) is 0 Å². The third kappa shape index (κ3) is 3.85. The molecule has 0 unspecified atom stereocenters. The number of carbonyl (C=O) groups excluding carboxylic acids is 2. The maximum atomic E-state index is 12.1. The molecule has 13 atom stereocenters. The van der Waals surface area contributed by atoms with Crippen molar-refractivity contribution in [2.45, 2.75) is 123 Å². The molecule has 4 aliphatic carbocycles. The van der Waals surface area contributed by atoms with Gasteiger partial charge < -0.3 is 18.9 Å². The third-order valence-electron chi connectivity index (χ3n) is 12.6. The zero-order valence-corrected chi connectivity index (χ0v) is 23.8. The molecule has 2 aliphatic heterocycles. The van der Waals surface area contributed by atoms with E-state index in [2.05, 4.69) is 27.7 Å². The van der Waals surface area contributed by atoms with Gasteiger partial charge in [0.05, 0.1) is 12.7 Å². The van der Waals surface area contributed by atoms with Gasteiger partial charge in [-0.2, -0.15) is 0 Å². The van der Waals surface area contributed by atoms with Gasteiger partial charge >= 0.3 is 11.9 Å². The molecule has 6 fully saturated rings. The van der Waals surface area contributed by atoms with E-state index in [-0.39, 0.29) is 41.3 Å². The van der Waals surface area contributed by atoms with Gasteiger partial charge in [-0.1, -0.05) is 27.7 Å². The van der Waals surface area contributed by atoms with Gasteiger partial charge in [-0.05, 0) is 91.8 Å². The molecule has 6 heteroatoms. The molecule has 2 heterocycles. The van der Waals surface area contributed by atoms with Crippen molar-refractivity contribution in [2.75, 3.05) is 6.61 Å². The summed E-state index contributed by atoms with van der Waals surface area (Å²) in [5, 5.41) is 0. The Balaban J connectivity index is 1.24. The number of fused-ring (bicyclic) bond motifs is 7. The normalized spacial score (nSPS) is 54.5. The Labute approximate surface area is 222 Å². The third-order valence-corrected chi connectivity index (χ3v) is 12.6. The first-order valence-electron chi connectivity index (χ1n) is 15.1. The summed E-state index contributed by atoms with van der Waals surface area (Å²) in [5.74, 6) is 2.97. The summed E-state index contributed by atoms with van der Waals surface area (Å²) in [6, 6.07) is 0. The molecule has 2 saturated heterocycles. The highest BCUT2D eigenvalue weighted by Gasteiger charge is 2.69. The minimum Gasteiger partial charge on any atom is -0.459 e. The quantitative estimate of drug-likeness (QED) is 0.425. The van der Waals surface area contributed by atoms with Crippen LogP contribution in [0.4, 0.5) is 0 Å². The van der Waals surface area contributed by atoms with Gasteiger partial charge in [0.1, 0.15) is 12.2 Å². The molecular weight excluding hydrogens is 468 g/mol. The largest absolute Gasteiger partial charge is 0.459 e. The molecule has 6 aliphatic rings. The van der Waals surface area contributed by atoms with E-state index in [1.54, 1.807) is 0 Å². The van der Waals surface area contributed by atoms with E-state index in [9.17, 15) is 9.59 Å². The van der Waals surface area contributed by atoms with Gasteiger partial charge in [0, 0.05) is 32.1 Å². The second-order valence-electron chi connectivity index (χ2n) is 14.3. The highest BCUT2D eigenvalue weighted by atomic mass is 16.7. The Morgan fingerprint density at radius 2 is 1.54 bits per heavy atom. The lowest BCUT2D eigenvalue weighted by Crippen LogP contribution is -2.60. The van der Waals surface area contributed by atoms with Crippen molar-refractivity contribution in [1.29, 1.82) is 0 Å². The average molecular weight is 517 g/mol. The number of hydrogen-bond donors (Lipinski definition) is 0. The lowest BCUT2D eigenvalue weighted by Gasteiger charge is -2.62.